The molecule has 0 unspecified atom stereocenters. The molecule has 25 heavy (non-hydrogen) atoms. The lowest BCUT2D eigenvalue weighted by Crippen LogP contribution is -2.06. The van der Waals surface area contributed by atoms with Gasteiger partial charge in [-0.05, 0) is 44.0 Å². The summed E-state index contributed by atoms with van der Waals surface area (Å²) in [6.07, 6.45) is 0. The van der Waals surface area contributed by atoms with Gasteiger partial charge in [-0.25, -0.2) is 14.4 Å². The smallest absolute Gasteiger partial charge is 0.136 e. The normalized spacial score (nSPS) is 10.6. The van der Waals surface area contributed by atoms with E-state index in [1.807, 2.05) is 31.2 Å². The van der Waals surface area contributed by atoms with E-state index in [1.54, 1.807) is 12.1 Å². The predicted molar refractivity (Wildman–Crippen MR) is 99.7 cm³/mol. The molecule has 0 saturated heterocycles. The van der Waals surface area contributed by atoms with Crippen LogP contribution in [0.4, 0.5) is 21.7 Å². The second-order valence-electron chi connectivity index (χ2n) is 6.00. The van der Waals surface area contributed by atoms with Gasteiger partial charge in [0, 0.05) is 23.9 Å². The first kappa shape index (κ1) is 16.9. The number of rotatable bonds is 5. The number of nitrogens with zero attached hydrogens (tertiary/aromatic N) is 2. The van der Waals surface area contributed by atoms with Gasteiger partial charge in [-0.3, -0.25) is 0 Å². The Hall–Kier alpha value is -2.95. The number of nitrogens with one attached hydrogen (secondary N) is 2. The summed E-state index contributed by atoms with van der Waals surface area (Å²) in [5.74, 6) is 1.78. The van der Waals surface area contributed by atoms with Gasteiger partial charge in [-0.1, -0.05) is 30.3 Å². The third-order valence-corrected chi connectivity index (χ3v) is 4.12. The van der Waals surface area contributed by atoms with Gasteiger partial charge in [-0.2, -0.15) is 0 Å². The number of anilines is 3. The number of halogens is 1. The van der Waals surface area contributed by atoms with E-state index in [1.165, 1.54) is 17.2 Å². The lowest BCUT2D eigenvalue weighted by molar-refractivity contribution is 0.613. The van der Waals surface area contributed by atoms with Crippen molar-refractivity contribution < 1.29 is 4.39 Å². The molecule has 0 radical (unpaired) electrons. The Morgan fingerprint density at radius 1 is 0.920 bits per heavy atom. The second kappa shape index (κ2) is 7.30. The topological polar surface area (TPSA) is 49.8 Å². The molecule has 1 aromatic heterocycles. The van der Waals surface area contributed by atoms with Crippen molar-refractivity contribution >= 4 is 17.3 Å². The molecular weight excluding hydrogens is 315 g/mol. The fourth-order valence-corrected chi connectivity index (χ4v) is 2.57. The number of hydrogen-bond acceptors (Lipinski definition) is 4. The van der Waals surface area contributed by atoms with Crippen LogP contribution >= 0.6 is 0 Å². The molecule has 0 spiro atoms. The van der Waals surface area contributed by atoms with Gasteiger partial charge in [0.1, 0.15) is 23.3 Å². The highest BCUT2D eigenvalue weighted by molar-refractivity contribution is 5.63. The van der Waals surface area contributed by atoms with Crippen molar-refractivity contribution in [1.82, 2.24) is 9.97 Å². The molecule has 3 aromatic rings. The summed E-state index contributed by atoms with van der Waals surface area (Å²) in [7, 11) is 0. The summed E-state index contributed by atoms with van der Waals surface area (Å²) in [5.41, 5.74) is 4.01. The van der Waals surface area contributed by atoms with Gasteiger partial charge in [-0.15, -0.1) is 0 Å². The third-order valence-electron chi connectivity index (χ3n) is 4.12. The fraction of sp³-hybridized carbons (Fsp3) is 0.200. The zero-order valence-electron chi connectivity index (χ0n) is 14.6. The summed E-state index contributed by atoms with van der Waals surface area (Å²) in [6.45, 7) is 6.35. The highest BCUT2D eigenvalue weighted by Crippen LogP contribution is 2.23. The van der Waals surface area contributed by atoms with Crippen molar-refractivity contribution in [2.45, 2.75) is 27.3 Å². The van der Waals surface area contributed by atoms with Crippen LogP contribution < -0.4 is 10.6 Å². The molecule has 2 N–H and O–H groups in total. The molecule has 4 nitrogen and oxygen atoms in total. The first-order valence-electron chi connectivity index (χ1n) is 8.19. The van der Waals surface area contributed by atoms with Gasteiger partial charge >= 0.3 is 0 Å². The van der Waals surface area contributed by atoms with Crippen LogP contribution in [0.1, 0.15) is 22.5 Å². The van der Waals surface area contributed by atoms with Gasteiger partial charge < -0.3 is 10.6 Å². The lowest BCUT2D eigenvalue weighted by Gasteiger charge is -2.13. The molecular formula is C20H21FN4. The van der Waals surface area contributed by atoms with Gasteiger partial charge in [0.15, 0.2) is 0 Å². The van der Waals surface area contributed by atoms with Crippen LogP contribution in [0.5, 0.6) is 0 Å². The molecule has 0 fully saturated rings. The molecule has 0 saturated carbocycles. The molecule has 3 rings (SSSR count). The van der Waals surface area contributed by atoms with Gasteiger partial charge in [0.05, 0.1) is 0 Å². The maximum atomic E-state index is 13.7. The molecule has 0 aliphatic heterocycles. The largest absolute Gasteiger partial charge is 0.366 e. The standard InChI is InChI=1S/C20H21FN4/c1-13-7-6-10-18(14(13)2)25-20-11-19(23-15(3)24-20)22-12-16-8-4-5-9-17(16)21/h4-11H,12H2,1-3H3,(H2,22,23,24,25). The minimum Gasteiger partial charge on any atom is -0.366 e. The van der Waals surface area contributed by atoms with Crippen molar-refractivity contribution in [3.63, 3.8) is 0 Å². The highest BCUT2D eigenvalue weighted by Gasteiger charge is 2.06. The first-order chi connectivity index (χ1) is 12.0. The van der Waals surface area contributed by atoms with Crippen LogP contribution in [-0.4, -0.2) is 9.97 Å². The quantitative estimate of drug-likeness (QED) is 0.696. The summed E-state index contributed by atoms with van der Waals surface area (Å²) in [4.78, 5) is 8.81. The van der Waals surface area contributed by atoms with Crippen LogP contribution in [0, 0.1) is 26.6 Å². The summed E-state index contributed by atoms with van der Waals surface area (Å²) in [6, 6.07) is 14.6. The summed E-state index contributed by atoms with van der Waals surface area (Å²) in [5, 5.41) is 6.50. The van der Waals surface area contributed by atoms with E-state index in [2.05, 4.69) is 40.5 Å². The molecule has 2 aromatic carbocycles. The predicted octanol–water partition coefficient (Wildman–Crippen LogP) is 4.90. The average Bonchev–Trinajstić information content (AvgIpc) is 2.58. The SMILES string of the molecule is Cc1nc(NCc2ccccc2F)cc(Nc2cccc(C)c2C)n1. The molecule has 128 valence electrons. The first-order valence-corrected chi connectivity index (χ1v) is 8.19. The Morgan fingerprint density at radius 3 is 2.48 bits per heavy atom. The van der Waals surface area contributed by atoms with Crippen LogP contribution in [0.15, 0.2) is 48.5 Å². The maximum Gasteiger partial charge on any atom is 0.136 e. The van der Waals surface area contributed by atoms with Crippen molar-refractivity contribution in [3.05, 3.63) is 76.9 Å². The van der Waals surface area contributed by atoms with Crippen molar-refractivity contribution in [2.75, 3.05) is 10.6 Å². The minimum absolute atomic E-state index is 0.227. The lowest BCUT2D eigenvalue weighted by atomic mass is 10.1. The van der Waals surface area contributed by atoms with Crippen LogP contribution in [0.3, 0.4) is 0 Å². The van der Waals surface area contributed by atoms with E-state index in [9.17, 15) is 4.39 Å². The Balaban J connectivity index is 1.78. The number of aryl methyl sites for hydroxylation is 2. The summed E-state index contributed by atoms with van der Waals surface area (Å²) >= 11 is 0. The minimum atomic E-state index is -0.227. The van der Waals surface area contributed by atoms with E-state index in [0.29, 0.717) is 29.6 Å². The number of benzene rings is 2. The summed E-state index contributed by atoms with van der Waals surface area (Å²) < 4.78 is 13.7. The van der Waals surface area contributed by atoms with E-state index >= 15 is 0 Å². The van der Waals surface area contributed by atoms with Gasteiger partial charge in [0.2, 0.25) is 0 Å². The Labute approximate surface area is 147 Å². The van der Waals surface area contributed by atoms with Crippen molar-refractivity contribution in [2.24, 2.45) is 0 Å². The Kier molecular flexibility index (Phi) is 4.93. The van der Waals surface area contributed by atoms with Crippen molar-refractivity contribution in [1.29, 1.82) is 0 Å². The highest BCUT2D eigenvalue weighted by atomic mass is 19.1. The van der Waals surface area contributed by atoms with E-state index in [-0.39, 0.29) is 5.82 Å². The molecule has 0 amide bonds. The number of hydrogen-bond donors (Lipinski definition) is 2. The van der Waals surface area contributed by atoms with E-state index < -0.39 is 0 Å². The van der Waals surface area contributed by atoms with Crippen LogP contribution in [-0.2, 0) is 6.54 Å². The average molecular weight is 336 g/mol. The maximum absolute atomic E-state index is 13.7. The zero-order valence-corrected chi connectivity index (χ0v) is 14.6. The second-order valence-corrected chi connectivity index (χ2v) is 6.00. The molecule has 5 heteroatoms. The zero-order chi connectivity index (χ0) is 17.8. The third kappa shape index (κ3) is 4.12. The molecule has 0 atom stereocenters. The molecule has 1 heterocycles. The molecule has 0 aliphatic rings. The Bertz CT molecular complexity index is 893. The van der Waals surface area contributed by atoms with Gasteiger partial charge in [0.25, 0.3) is 0 Å². The molecule has 0 bridgehead atoms. The monoisotopic (exact) mass is 336 g/mol. The van der Waals surface area contributed by atoms with Crippen LogP contribution in [0.2, 0.25) is 0 Å². The number of aromatic nitrogens is 2. The van der Waals surface area contributed by atoms with Crippen LogP contribution in [0.25, 0.3) is 0 Å². The fourth-order valence-electron chi connectivity index (χ4n) is 2.57. The Morgan fingerprint density at radius 2 is 1.68 bits per heavy atom. The van der Waals surface area contributed by atoms with E-state index in [0.717, 1.165) is 5.69 Å². The molecule has 0 aliphatic carbocycles. The van der Waals surface area contributed by atoms with Crippen molar-refractivity contribution in [3.8, 4) is 0 Å². The van der Waals surface area contributed by atoms with E-state index in [4.69, 9.17) is 0 Å².